The van der Waals surface area contributed by atoms with Gasteiger partial charge in [0.15, 0.2) is 5.78 Å². The van der Waals surface area contributed by atoms with Crippen LogP contribution in [0.15, 0.2) is 12.2 Å². The number of hydrogen-bond donors (Lipinski definition) is 2. The number of amides is 1. The second kappa shape index (κ2) is 7.68. The summed E-state index contributed by atoms with van der Waals surface area (Å²) < 4.78 is 5.10. The van der Waals surface area contributed by atoms with E-state index < -0.39 is 17.4 Å². The molecule has 6 heteroatoms. The normalized spacial score (nSPS) is 37.2. The summed E-state index contributed by atoms with van der Waals surface area (Å²) in [6.45, 7) is 3.66. The molecule has 2 fully saturated rings. The van der Waals surface area contributed by atoms with E-state index in [9.17, 15) is 14.4 Å². The minimum atomic E-state index is -1.49. The first-order chi connectivity index (χ1) is 12.1. The van der Waals surface area contributed by atoms with Crippen LogP contribution < -0.4 is 10.6 Å². The zero-order valence-corrected chi connectivity index (χ0v) is 14.9. The monoisotopic (exact) mass is 348 g/mol. The van der Waals surface area contributed by atoms with Crippen LogP contribution >= 0.6 is 0 Å². The van der Waals surface area contributed by atoms with Gasteiger partial charge in [-0.05, 0) is 58.0 Å². The Balaban J connectivity index is 1.82. The van der Waals surface area contributed by atoms with Gasteiger partial charge in [0.25, 0.3) is 0 Å². The van der Waals surface area contributed by atoms with Crippen molar-refractivity contribution in [1.82, 2.24) is 10.6 Å². The van der Waals surface area contributed by atoms with Gasteiger partial charge in [0, 0.05) is 5.92 Å². The molecule has 0 aromatic rings. The Morgan fingerprint density at radius 2 is 2.12 bits per heavy atom. The molecule has 3 rings (SSSR count). The van der Waals surface area contributed by atoms with Gasteiger partial charge in [0.05, 0.1) is 12.5 Å². The van der Waals surface area contributed by atoms with Crippen LogP contribution in [0.4, 0.5) is 0 Å². The highest BCUT2D eigenvalue weighted by molar-refractivity contribution is 6.27. The Bertz CT molecular complexity index is 574. The van der Waals surface area contributed by atoms with Crippen molar-refractivity contribution in [3.8, 4) is 0 Å². The van der Waals surface area contributed by atoms with E-state index in [1.165, 1.54) is 0 Å². The topological polar surface area (TPSA) is 84.5 Å². The van der Waals surface area contributed by atoms with E-state index in [4.69, 9.17) is 4.74 Å². The summed E-state index contributed by atoms with van der Waals surface area (Å²) in [5.41, 5.74) is -1.49. The van der Waals surface area contributed by atoms with Gasteiger partial charge in [-0.15, -0.1) is 0 Å². The average Bonchev–Trinajstić information content (AvgIpc) is 2.96. The highest BCUT2D eigenvalue weighted by atomic mass is 16.5. The van der Waals surface area contributed by atoms with Gasteiger partial charge in [-0.25, -0.2) is 4.79 Å². The first-order valence-corrected chi connectivity index (χ1v) is 9.52. The van der Waals surface area contributed by atoms with Crippen LogP contribution in [0.1, 0.15) is 45.4 Å². The number of rotatable bonds is 2. The fourth-order valence-corrected chi connectivity index (χ4v) is 4.17. The number of allylic oxidation sites excluding steroid dienone is 1. The van der Waals surface area contributed by atoms with Gasteiger partial charge in [-0.3, -0.25) is 9.59 Å². The zero-order valence-electron chi connectivity index (χ0n) is 14.9. The second-order valence-corrected chi connectivity index (χ2v) is 7.29. The summed E-state index contributed by atoms with van der Waals surface area (Å²) in [4.78, 5) is 37.7. The number of carbonyl (C=O) groups excluding carboxylic acids is 3. The quantitative estimate of drug-likeness (QED) is 0.447. The maximum Gasteiger partial charge on any atom is 0.340 e. The lowest BCUT2D eigenvalue weighted by atomic mass is 9.94. The second-order valence-electron chi connectivity index (χ2n) is 7.29. The van der Waals surface area contributed by atoms with Crippen molar-refractivity contribution < 1.29 is 19.1 Å². The van der Waals surface area contributed by atoms with E-state index in [2.05, 4.69) is 10.6 Å². The smallest absolute Gasteiger partial charge is 0.340 e. The highest BCUT2D eigenvalue weighted by Gasteiger charge is 2.71. The summed E-state index contributed by atoms with van der Waals surface area (Å²) in [7, 11) is 0. The van der Waals surface area contributed by atoms with E-state index in [0.29, 0.717) is 0 Å². The Morgan fingerprint density at radius 1 is 1.28 bits per heavy atom. The number of fused-ring (bicyclic) bond motifs is 2. The number of Topliss-reactive ketones (excluding diaryl/α,β-unsaturated/α-hetero) is 1. The molecule has 1 aliphatic heterocycles. The summed E-state index contributed by atoms with van der Waals surface area (Å²) in [5.74, 6) is -1.51. The number of carbonyl (C=O) groups is 3. The summed E-state index contributed by atoms with van der Waals surface area (Å²) in [6, 6.07) is 0. The van der Waals surface area contributed by atoms with Gasteiger partial charge < -0.3 is 15.4 Å². The molecule has 0 spiro atoms. The van der Waals surface area contributed by atoms with Gasteiger partial charge in [-0.1, -0.05) is 18.6 Å². The van der Waals surface area contributed by atoms with Crippen molar-refractivity contribution in [2.75, 3.05) is 19.7 Å². The molecule has 6 nitrogen and oxygen atoms in total. The lowest BCUT2D eigenvalue weighted by Gasteiger charge is -2.23. The predicted octanol–water partition coefficient (Wildman–Crippen LogP) is 1.35. The van der Waals surface area contributed by atoms with Crippen LogP contribution in [0.25, 0.3) is 0 Å². The Labute approximate surface area is 148 Å². The fourth-order valence-electron chi connectivity index (χ4n) is 4.17. The van der Waals surface area contributed by atoms with Crippen molar-refractivity contribution >= 4 is 17.7 Å². The molecular weight excluding hydrogens is 320 g/mol. The molecule has 0 saturated heterocycles. The van der Waals surface area contributed by atoms with Crippen molar-refractivity contribution in [1.29, 1.82) is 0 Å². The third-order valence-corrected chi connectivity index (χ3v) is 5.68. The SMILES string of the molecule is CCOC(=O)C12NC(=O)C3CCCC3CNCCCC/C=C\C1C2=O. The number of esters is 1. The van der Waals surface area contributed by atoms with Crippen molar-refractivity contribution in [3.05, 3.63) is 12.2 Å². The minimum absolute atomic E-state index is 0.139. The van der Waals surface area contributed by atoms with Crippen LogP contribution in [0.5, 0.6) is 0 Å². The van der Waals surface area contributed by atoms with Gasteiger partial charge in [-0.2, -0.15) is 0 Å². The molecule has 2 N–H and O–H groups in total. The molecule has 4 atom stereocenters. The highest BCUT2D eigenvalue weighted by Crippen LogP contribution is 2.43. The first-order valence-electron chi connectivity index (χ1n) is 9.52. The molecule has 0 radical (unpaired) electrons. The van der Waals surface area contributed by atoms with Crippen LogP contribution in [0.3, 0.4) is 0 Å². The summed E-state index contributed by atoms with van der Waals surface area (Å²) in [6.07, 6.45) is 9.51. The maximum atomic E-state index is 12.8. The third kappa shape index (κ3) is 3.50. The van der Waals surface area contributed by atoms with Crippen molar-refractivity contribution in [3.63, 3.8) is 0 Å². The maximum absolute atomic E-state index is 12.8. The van der Waals surface area contributed by atoms with E-state index >= 15 is 0 Å². The van der Waals surface area contributed by atoms with Crippen LogP contribution in [-0.4, -0.2) is 42.9 Å². The molecule has 0 bridgehead atoms. The number of nitrogens with one attached hydrogen (secondary N) is 2. The van der Waals surface area contributed by atoms with Crippen molar-refractivity contribution in [2.24, 2.45) is 17.8 Å². The van der Waals surface area contributed by atoms with Gasteiger partial charge in [0.2, 0.25) is 11.4 Å². The average molecular weight is 348 g/mol. The third-order valence-electron chi connectivity index (χ3n) is 5.68. The van der Waals surface area contributed by atoms with Crippen LogP contribution in [-0.2, 0) is 19.1 Å². The molecule has 25 heavy (non-hydrogen) atoms. The van der Waals surface area contributed by atoms with Crippen LogP contribution in [0.2, 0.25) is 0 Å². The molecule has 1 heterocycles. The number of ketones is 1. The fraction of sp³-hybridized carbons (Fsp3) is 0.737. The van der Waals surface area contributed by atoms with E-state index in [0.717, 1.165) is 51.6 Å². The number of hydrogen-bond acceptors (Lipinski definition) is 5. The Morgan fingerprint density at radius 3 is 2.92 bits per heavy atom. The molecule has 2 saturated carbocycles. The lowest BCUT2D eigenvalue weighted by Crippen LogP contribution is -2.50. The van der Waals surface area contributed by atoms with E-state index in [1.807, 2.05) is 6.08 Å². The largest absolute Gasteiger partial charge is 0.464 e. The zero-order chi connectivity index (χ0) is 17.9. The van der Waals surface area contributed by atoms with Crippen molar-refractivity contribution in [2.45, 2.75) is 51.0 Å². The van der Waals surface area contributed by atoms with Gasteiger partial charge in [0.1, 0.15) is 0 Å². The summed E-state index contributed by atoms with van der Waals surface area (Å²) in [5, 5.41) is 6.24. The molecule has 1 amide bonds. The molecular formula is C19H28N2O4. The molecule has 2 aliphatic carbocycles. The van der Waals surface area contributed by atoms with Crippen LogP contribution in [0, 0.1) is 17.8 Å². The Hall–Kier alpha value is -1.69. The van der Waals surface area contributed by atoms with Gasteiger partial charge >= 0.3 is 5.97 Å². The molecule has 0 aromatic heterocycles. The number of ether oxygens (including phenoxy) is 1. The summed E-state index contributed by atoms with van der Waals surface area (Å²) >= 11 is 0. The standard InChI is InChI=1S/C19H28N2O4/c1-2-25-18(24)19-15(16(19)22)10-5-3-4-6-11-20-12-13-8-7-9-14(13)17(23)21-19/h5,10,13-15,20H,2-4,6-9,11-12H2,1H3,(H,21,23)/b10-5-. The molecule has 4 unspecified atom stereocenters. The Kier molecular flexibility index (Phi) is 5.57. The predicted molar refractivity (Wildman–Crippen MR) is 92.7 cm³/mol. The molecule has 0 aromatic carbocycles. The first kappa shape index (κ1) is 18.1. The molecule has 138 valence electrons. The lowest BCUT2D eigenvalue weighted by molar-refractivity contribution is -0.150. The van der Waals surface area contributed by atoms with E-state index in [1.54, 1.807) is 13.0 Å². The minimum Gasteiger partial charge on any atom is -0.464 e. The molecule has 3 aliphatic rings. The van der Waals surface area contributed by atoms with E-state index in [-0.39, 0.29) is 30.1 Å².